The number of furan rings is 1. The van der Waals surface area contributed by atoms with Crippen molar-refractivity contribution in [3.8, 4) is 0 Å². The van der Waals surface area contributed by atoms with Gasteiger partial charge in [0.15, 0.2) is 0 Å². The summed E-state index contributed by atoms with van der Waals surface area (Å²) in [6.45, 7) is 6.54. The van der Waals surface area contributed by atoms with Gasteiger partial charge in [-0.25, -0.2) is 9.97 Å². The summed E-state index contributed by atoms with van der Waals surface area (Å²) in [6, 6.07) is 3.76. The van der Waals surface area contributed by atoms with Gasteiger partial charge in [0.1, 0.15) is 17.9 Å². The van der Waals surface area contributed by atoms with E-state index in [0.717, 1.165) is 49.7 Å². The van der Waals surface area contributed by atoms with Gasteiger partial charge in [-0.05, 0) is 25.8 Å². The van der Waals surface area contributed by atoms with Crippen LogP contribution in [0.25, 0.3) is 0 Å². The van der Waals surface area contributed by atoms with E-state index in [0.29, 0.717) is 23.9 Å². The minimum absolute atomic E-state index is 0.0839. The number of aromatic nitrogens is 2. The molecule has 3 aliphatic rings. The molecule has 5 heterocycles. The lowest BCUT2D eigenvalue weighted by atomic mass is 9.73. The van der Waals surface area contributed by atoms with Crippen molar-refractivity contribution in [1.82, 2.24) is 15.3 Å². The Morgan fingerprint density at radius 1 is 1.43 bits per heavy atom. The minimum atomic E-state index is -0.0963. The first-order valence-electron chi connectivity index (χ1n) is 10.2. The van der Waals surface area contributed by atoms with Crippen molar-refractivity contribution in [2.24, 2.45) is 11.8 Å². The van der Waals surface area contributed by atoms with Crippen molar-refractivity contribution >= 4 is 11.7 Å². The molecule has 3 fully saturated rings. The summed E-state index contributed by atoms with van der Waals surface area (Å²) in [7, 11) is 0. The SMILES string of the molecule is CCc1nc(C)cc(N2C[C@@H]3[C@H](CNC(=O)c4ccoc4)[C@H]4CC[C@]3(C2)O4)n1. The van der Waals surface area contributed by atoms with Crippen molar-refractivity contribution < 1.29 is 13.9 Å². The number of anilines is 1. The van der Waals surface area contributed by atoms with E-state index in [9.17, 15) is 4.79 Å². The van der Waals surface area contributed by atoms with Crippen LogP contribution in [0.2, 0.25) is 0 Å². The maximum atomic E-state index is 12.3. The van der Waals surface area contributed by atoms with Crippen LogP contribution in [0.5, 0.6) is 0 Å². The lowest BCUT2D eigenvalue weighted by molar-refractivity contribution is 0.0141. The van der Waals surface area contributed by atoms with Crippen LogP contribution >= 0.6 is 0 Å². The Morgan fingerprint density at radius 2 is 2.32 bits per heavy atom. The van der Waals surface area contributed by atoms with Crippen molar-refractivity contribution in [3.05, 3.63) is 41.7 Å². The van der Waals surface area contributed by atoms with E-state index in [2.05, 4.69) is 28.2 Å². The number of aryl methyl sites for hydroxylation is 2. The predicted molar refractivity (Wildman–Crippen MR) is 103 cm³/mol. The zero-order chi connectivity index (χ0) is 19.3. The van der Waals surface area contributed by atoms with Crippen molar-refractivity contribution in [3.63, 3.8) is 0 Å². The maximum Gasteiger partial charge on any atom is 0.254 e. The number of hydrogen-bond acceptors (Lipinski definition) is 6. The molecule has 2 aromatic rings. The Bertz CT molecular complexity index is 884. The minimum Gasteiger partial charge on any atom is -0.472 e. The molecule has 7 nitrogen and oxygen atoms in total. The fraction of sp³-hybridized carbons (Fsp3) is 0.571. The summed E-state index contributed by atoms with van der Waals surface area (Å²) in [5, 5.41) is 3.08. The Morgan fingerprint density at radius 3 is 3.11 bits per heavy atom. The second-order valence-electron chi connectivity index (χ2n) is 8.27. The molecule has 3 aliphatic heterocycles. The molecule has 0 unspecified atom stereocenters. The normalized spacial score (nSPS) is 30.6. The summed E-state index contributed by atoms with van der Waals surface area (Å²) >= 11 is 0. The molecule has 0 aliphatic carbocycles. The molecular weight excluding hydrogens is 356 g/mol. The zero-order valence-electron chi connectivity index (χ0n) is 16.4. The Labute approximate surface area is 164 Å². The first kappa shape index (κ1) is 17.7. The highest BCUT2D eigenvalue weighted by Crippen LogP contribution is 2.55. The fourth-order valence-electron chi connectivity index (χ4n) is 5.28. The average molecular weight is 382 g/mol. The molecule has 28 heavy (non-hydrogen) atoms. The molecule has 1 spiro atoms. The number of nitrogens with zero attached hydrogens (tertiary/aromatic N) is 3. The van der Waals surface area contributed by atoms with Crippen LogP contribution in [0.15, 0.2) is 29.1 Å². The largest absolute Gasteiger partial charge is 0.472 e. The number of nitrogens with one attached hydrogen (secondary N) is 1. The number of amides is 1. The third-order valence-corrected chi connectivity index (χ3v) is 6.59. The number of carbonyl (C=O) groups excluding carboxylic acids is 1. The Balaban J connectivity index is 1.32. The standard InChI is InChI=1S/C21H26N4O3/c1-3-18-23-13(2)8-19(24-18)25-10-16-15(17-4-6-21(16,12-25)28-17)9-22-20(26)14-5-7-27-11-14/h5,7-8,11,15-17H,3-4,6,9-10,12H2,1-2H3,(H,22,26)/t15-,16+,17+,21+/m0/s1. The molecule has 2 aromatic heterocycles. The molecule has 148 valence electrons. The van der Waals surface area contributed by atoms with Crippen molar-refractivity contribution in [2.45, 2.75) is 44.8 Å². The lowest BCUT2D eigenvalue weighted by Crippen LogP contribution is -2.41. The molecule has 1 N–H and O–H groups in total. The molecule has 1 amide bonds. The molecule has 4 atom stereocenters. The highest BCUT2D eigenvalue weighted by molar-refractivity contribution is 5.93. The van der Waals surface area contributed by atoms with Gasteiger partial charge in [-0.2, -0.15) is 0 Å². The van der Waals surface area contributed by atoms with Crippen LogP contribution in [-0.2, 0) is 11.2 Å². The van der Waals surface area contributed by atoms with Gasteiger partial charge in [0.25, 0.3) is 5.91 Å². The van der Waals surface area contributed by atoms with Crippen LogP contribution in [0.3, 0.4) is 0 Å². The van der Waals surface area contributed by atoms with E-state index in [4.69, 9.17) is 14.1 Å². The predicted octanol–water partition coefficient (Wildman–Crippen LogP) is 2.35. The average Bonchev–Trinajstić information content (AvgIpc) is 3.46. The molecule has 3 saturated heterocycles. The Hall–Kier alpha value is -2.41. The zero-order valence-corrected chi connectivity index (χ0v) is 16.4. The van der Waals surface area contributed by atoms with E-state index in [1.165, 1.54) is 12.5 Å². The third kappa shape index (κ3) is 2.80. The van der Waals surface area contributed by atoms with Gasteiger partial charge in [-0.15, -0.1) is 0 Å². The second-order valence-corrected chi connectivity index (χ2v) is 8.27. The lowest BCUT2D eigenvalue weighted by Gasteiger charge is -2.29. The van der Waals surface area contributed by atoms with Gasteiger partial charge < -0.3 is 19.4 Å². The van der Waals surface area contributed by atoms with Gasteiger partial charge in [-0.1, -0.05) is 6.92 Å². The van der Waals surface area contributed by atoms with E-state index in [1.54, 1.807) is 6.07 Å². The summed E-state index contributed by atoms with van der Waals surface area (Å²) in [4.78, 5) is 23.9. The van der Waals surface area contributed by atoms with Gasteiger partial charge in [0, 0.05) is 49.7 Å². The number of ether oxygens (including phenoxy) is 1. The van der Waals surface area contributed by atoms with Crippen LogP contribution in [0, 0.1) is 18.8 Å². The fourth-order valence-corrected chi connectivity index (χ4v) is 5.28. The van der Waals surface area contributed by atoms with E-state index in [-0.39, 0.29) is 17.6 Å². The Kier molecular flexibility index (Phi) is 4.16. The van der Waals surface area contributed by atoms with E-state index >= 15 is 0 Å². The maximum absolute atomic E-state index is 12.3. The molecule has 0 radical (unpaired) electrons. The number of rotatable bonds is 5. The molecule has 0 saturated carbocycles. The van der Waals surface area contributed by atoms with Crippen molar-refractivity contribution in [1.29, 1.82) is 0 Å². The molecule has 0 aromatic carbocycles. The van der Waals surface area contributed by atoms with Crippen LogP contribution in [-0.4, -0.2) is 47.2 Å². The van der Waals surface area contributed by atoms with Gasteiger partial charge in [0.2, 0.25) is 0 Å². The number of carbonyl (C=O) groups is 1. The smallest absolute Gasteiger partial charge is 0.254 e. The highest BCUT2D eigenvalue weighted by Gasteiger charge is 2.63. The number of hydrogen-bond donors (Lipinski definition) is 1. The second kappa shape index (κ2) is 6.58. The first-order chi connectivity index (χ1) is 13.6. The van der Waals surface area contributed by atoms with Crippen LogP contribution in [0.1, 0.15) is 41.6 Å². The molecule has 2 bridgehead atoms. The van der Waals surface area contributed by atoms with E-state index in [1.807, 2.05) is 6.92 Å². The summed E-state index contributed by atoms with van der Waals surface area (Å²) in [5.41, 5.74) is 1.47. The van der Waals surface area contributed by atoms with Crippen LogP contribution in [0.4, 0.5) is 5.82 Å². The summed E-state index contributed by atoms with van der Waals surface area (Å²) < 4.78 is 11.5. The van der Waals surface area contributed by atoms with Gasteiger partial charge >= 0.3 is 0 Å². The van der Waals surface area contributed by atoms with Gasteiger partial charge in [-0.3, -0.25) is 4.79 Å². The highest BCUT2D eigenvalue weighted by atomic mass is 16.5. The monoisotopic (exact) mass is 382 g/mol. The number of fused-ring (bicyclic) bond motifs is 1. The van der Waals surface area contributed by atoms with Crippen LogP contribution < -0.4 is 10.2 Å². The van der Waals surface area contributed by atoms with Crippen molar-refractivity contribution in [2.75, 3.05) is 24.5 Å². The summed E-state index contributed by atoms with van der Waals surface area (Å²) in [5.74, 6) is 2.55. The molecule has 5 rings (SSSR count). The first-order valence-corrected chi connectivity index (χ1v) is 10.2. The third-order valence-electron chi connectivity index (χ3n) is 6.59. The van der Waals surface area contributed by atoms with E-state index < -0.39 is 0 Å². The topological polar surface area (TPSA) is 80.5 Å². The molecule has 7 heteroatoms. The molecular formula is C21H26N4O3. The summed E-state index contributed by atoms with van der Waals surface area (Å²) in [6.07, 6.45) is 6.24. The quantitative estimate of drug-likeness (QED) is 0.855. The van der Waals surface area contributed by atoms with Gasteiger partial charge in [0.05, 0.1) is 23.5 Å².